The molecule has 0 atom stereocenters. The summed E-state index contributed by atoms with van der Waals surface area (Å²) >= 11 is 5.41. The molecule has 1 saturated heterocycles. The van der Waals surface area contributed by atoms with Crippen molar-refractivity contribution in [3.8, 4) is 11.5 Å². The van der Waals surface area contributed by atoms with Crippen molar-refractivity contribution in [2.24, 2.45) is 0 Å². The fourth-order valence-corrected chi connectivity index (χ4v) is 3.55. The fourth-order valence-electron chi connectivity index (χ4n) is 3.33. The van der Waals surface area contributed by atoms with E-state index in [1.165, 1.54) is 0 Å². The molecule has 2 aromatic rings. The van der Waals surface area contributed by atoms with E-state index in [9.17, 15) is 0 Å². The van der Waals surface area contributed by atoms with Crippen molar-refractivity contribution in [2.45, 2.75) is 19.9 Å². The van der Waals surface area contributed by atoms with Crippen LogP contribution in [0.4, 0.5) is 5.69 Å². The summed E-state index contributed by atoms with van der Waals surface area (Å²) in [5.41, 5.74) is 2.03. The molecule has 3 N–H and O–H groups in total. The number of imidazole rings is 1. The number of nitrogens with zero attached hydrogens (tertiary/aromatic N) is 3. The van der Waals surface area contributed by atoms with Crippen molar-refractivity contribution < 1.29 is 9.47 Å². The molecule has 3 rings (SSSR count). The average molecular weight is 433 g/mol. The first kappa shape index (κ1) is 22.3. The van der Waals surface area contributed by atoms with E-state index < -0.39 is 0 Å². The van der Waals surface area contributed by atoms with Crippen molar-refractivity contribution in [2.75, 3.05) is 58.3 Å². The highest BCUT2D eigenvalue weighted by atomic mass is 32.1. The zero-order chi connectivity index (χ0) is 21.2. The van der Waals surface area contributed by atoms with E-state index in [0.29, 0.717) is 17.5 Å². The Morgan fingerprint density at radius 1 is 1.23 bits per heavy atom. The minimum absolute atomic E-state index is 0.590. The normalized spacial score (nSPS) is 14.3. The first-order valence-corrected chi connectivity index (χ1v) is 10.8. The van der Waals surface area contributed by atoms with Crippen LogP contribution in [0, 0.1) is 6.92 Å². The summed E-state index contributed by atoms with van der Waals surface area (Å²) < 4.78 is 13.6. The first-order valence-electron chi connectivity index (χ1n) is 10.4. The van der Waals surface area contributed by atoms with Gasteiger partial charge in [0.2, 0.25) is 0 Å². The number of rotatable bonds is 10. The Balaban J connectivity index is 1.40. The van der Waals surface area contributed by atoms with Crippen LogP contribution in [0.5, 0.6) is 11.5 Å². The molecule has 1 aromatic heterocycles. The topological polar surface area (TPSA) is 75.6 Å². The Morgan fingerprint density at radius 2 is 2.07 bits per heavy atom. The molecule has 0 spiro atoms. The van der Waals surface area contributed by atoms with Gasteiger partial charge in [-0.25, -0.2) is 4.98 Å². The number of anilines is 1. The molecule has 1 aliphatic rings. The third-order valence-corrected chi connectivity index (χ3v) is 5.32. The van der Waals surface area contributed by atoms with Gasteiger partial charge in [0.05, 0.1) is 13.4 Å². The molecule has 0 amide bonds. The number of methoxy groups -OCH3 is 1. The van der Waals surface area contributed by atoms with E-state index in [1.54, 1.807) is 7.11 Å². The van der Waals surface area contributed by atoms with Crippen LogP contribution in [0.2, 0.25) is 0 Å². The zero-order valence-corrected chi connectivity index (χ0v) is 18.6. The van der Waals surface area contributed by atoms with Crippen molar-refractivity contribution in [3.63, 3.8) is 0 Å². The Hall–Kier alpha value is -2.36. The lowest BCUT2D eigenvalue weighted by atomic mass is 10.2. The average Bonchev–Trinajstić information content (AvgIpc) is 3.17. The quantitative estimate of drug-likeness (QED) is 0.388. The van der Waals surface area contributed by atoms with Gasteiger partial charge in [0.25, 0.3) is 0 Å². The number of piperazine rings is 1. The summed E-state index contributed by atoms with van der Waals surface area (Å²) in [4.78, 5) is 6.53. The van der Waals surface area contributed by atoms with Gasteiger partial charge in [-0.05, 0) is 37.7 Å². The van der Waals surface area contributed by atoms with E-state index in [1.807, 2.05) is 30.7 Å². The minimum atomic E-state index is 0.590. The van der Waals surface area contributed by atoms with Gasteiger partial charge in [0.15, 0.2) is 16.6 Å². The summed E-state index contributed by atoms with van der Waals surface area (Å²) in [7, 11) is 1.65. The maximum absolute atomic E-state index is 5.94. The summed E-state index contributed by atoms with van der Waals surface area (Å²) in [6.45, 7) is 9.52. The number of nitrogens with one attached hydrogen (secondary N) is 3. The van der Waals surface area contributed by atoms with Gasteiger partial charge in [-0.3, -0.25) is 4.90 Å². The smallest absolute Gasteiger partial charge is 0.170 e. The third-order valence-electron chi connectivity index (χ3n) is 5.08. The van der Waals surface area contributed by atoms with Crippen molar-refractivity contribution in [1.82, 2.24) is 25.1 Å². The summed E-state index contributed by atoms with van der Waals surface area (Å²) in [5.74, 6) is 1.44. The second kappa shape index (κ2) is 11.7. The molecule has 9 heteroatoms. The molecule has 1 aromatic carbocycles. The molecule has 0 saturated carbocycles. The van der Waals surface area contributed by atoms with Gasteiger partial charge in [0, 0.05) is 69.5 Å². The van der Waals surface area contributed by atoms with Gasteiger partial charge >= 0.3 is 0 Å². The molecule has 1 fully saturated rings. The maximum Gasteiger partial charge on any atom is 0.170 e. The van der Waals surface area contributed by atoms with Crippen LogP contribution < -0.4 is 25.4 Å². The predicted octanol–water partition coefficient (Wildman–Crippen LogP) is 1.86. The lowest BCUT2D eigenvalue weighted by molar-refractivity contribution is 0.188. The number of thiocarbonyl (C=S) groups is 1. The molecular formula is C21H32N6O2S. The number of benzene rings is 1. The third kappa shape index (κ3) is 6.86. The highest BCUT2D eigenvalue weighted by Gasteiger charge is 2.11. The second-order valence-corrected chi connectivity index (χ2v) is 7.68. The summed E-state index contributed by atoms with van der Waals surface area (Å²) in [5, 5.41) is 10.4. The van der Waals surface area contributed by atoms with Gasteiger partial charge in [-0.1, -0.05) is 0 Å². The largest absolute Gasteiger partial charge is 0.493 e. The Kier molecular flexibility index (Phi) is 8.73. The molecule has 164 valence electrons. The van der Waals surface area contributed by atoms with Crippen LogP contribution in [0.15, 0.2) is 30.7 Å². The van der Waals surface area contributed by atoms with Gasteiger partial charge in [0.1, 0.15) is 6.61 Å². The monoisotopic (exact) mass is 432 g/mol. The molecule has 30 heavy (non-hydrogen) atoms. The van der Waals surface area contributed by atoms with Crippen LogP contribution in [-0.4, -0.2) is 72.5 Å². The van der Waals surface area contributed by atoms with Gasteiger partial charge in [-0.15, -0.1) is 0 Å². The number of aryl methyl sites for hydroxylation is 2. The standard InChI is InChI=1S/C21H32N6O2S/c1-17-15-23-16-27(17)9-3-6-24-21(30)25-18-4-5-19(20(14-18)28-2)29-13-12-26-10-7-22-8-11-26/h4-5,14-16,22H,3,6-13H2,1-2H3,(H2,24,25,30). The van der Waals surface area contributed by atoms with E-state index in [4.69, 9.17) is 21.7 Å². The molecule has 8 nitrogen and oxygen atoms in total. The lowest BCUT2D eigenvalue weighted by Gasteiger charge is -2.27. The van der Waals surface area contributed by atoms with Crippen molar-refractivity contribution >= 4 is 23.0 Å². The van der Waals surface area contributed by atoms with Crippen molar-refractivity contribution in [3.05, 3.63) is 36.4 Å². The highest BCUT2D eigenvalue weighted by Crippen LogP contribution is 2.30. The summed E-state index contributed by atoms with van der Waals surface area (Å²) in [6, 6.07) is 5.78. The lowest BCUT2D eigenvalue weighted by Crippen LogP contribution is -2.44. The zero-order valence-electron chi connectivity index (χ0n) is 17.8. The SMILES string of the molecule is COc1cc(NC(=S)NCCCn2cncc2C)ccc1OCCN1CCNCC1. The van der Waals surface area contributed by atoms with Crippen LogP contribution in [0.1, 0.15) is 12.1 Å². The second-order valence-electron chi connectivity index (χ2n) is 7.27. The Bertz CT molecular complexity index is 807. The number of hydrogen-bond acceptors (Lipinski definition) is 6. The molecule has 0 aliphatic carbocycles. The number of ether oxygens (including phenoxy) is 2. The molecule has 0 bridgehead atoms. The minimum Gasteiger partial charge on any atom is -0.493 e. The molecule has 0 radical (unpaired) electrons. The number of aromatic nitrogens is 2. The molecular weight excluding hydrogens is 400 g/mol. The maximum atomic E-state index is 5.94. The highest BCUT2D eigenvalue weighted by molar-refractivity contribution is 7.80. The van der Waals surface area contributed by atoms with Gasteiger partial charge < -0.3 is 30.0 Å². The van der Waals surface area contributed by atoms with E-state index in [0.717, 1.165) is 69.4 Å². The fraction of sp³-hybridized carbons (Fsp3) is 0.524. The van der Waals surface area contributed by atoms with E-state index in [-0.39, 0.29) is 0 Å². The van der Waals surface area contributed by atoms with Crippen molar-refractivity contribution in [1.29, 1.82) is 0 Å². The summed E-state index contributed by atoms with van der Waals surface area (Å²) in [6.07, 6.45) is 4.68. The van der Waals surface area contributed by atoms with Crippen LogP contribution >= 0.6 is 12.2 Å². The molecule has 0 unspecified atom stereocenters. The van der Waals surface area contributed by atoms with E-state index >= 15 is 0 Å². The van der Waals surface area contributed by atoms with Gasteiger partial charge in [-0.2, -0.15) is 0 Å². The Labute approximate surface area is 183 Å². The van der Waals surface area contributed by atoms with Crippen LogP contribution in [-0.2, 0) is 6.54 Å². The molecule has 2 heterocycles. The first-order chi connectivity index (χ1) is 14.7. The van der Waals surface area contributed by atoms with E-state index in [2.05, 4.69) is 37.3 Å². The van der Waals surface area contributed by atoms with Crippen LogP contribution in [0.3, 0.4) is 0 Å². The molecule has 1 aliphatic heterocycles. The van der Waals surface area contributed by atoms with Crippen LogP contribution in [0.25, 0.3) is 0 Å². The Morgan fingerprint density at radius 3 is 2.80 bits per heavy atom. The predicted molar refractivity (Wildman–Crippen MR) is 124 cm³/mol. The number of hydrogen-bond donors (Lipinski definition) is 3.